The first-order chi connectivity index (χ1) is 12.3. The molecule has 0 saturated heterocycles. The Morgan fingerprint density at radius 3 is 2.52 bits per heavy atom. The maximum atomic E-state index is 3.99. The number of alkyl halides is 1. The van der Waals surface area contributed by atoms with E-state index in [1.165, 1.54) is 64.2 Å². The Bertz CT molecular complexity index is 530. The lowest BCUT2D eigenvalue weighted by Gasteiger charge is -2.42. The minimum atomic E-state index is 0.451. The second kappa shape index (κ2) is 8.43. The monoisotopic (exact) mass is 404 g/mol. The van der Waals surface area contributed by atoms with Gasteiger partial charge >= 0.3 is 0 Å². The highest BCUT2D eigenvalue weighted by atomic mass is 79.9. The van der Waals surface area contributed by atoms with E-state index >= 15 is 0 Å². The maximum Gasteiger partial charge on any atom is 0.0802 e. The summed E-state index contributed by atoms with van der Waals surface area (Å²) < 4.78 is 0. The van der Waals surface area contributed by atoms with Crippen LogP contribution in [0.2, 0.25) is 0 Å². The van der Waals surface area contributed by atoms with E-state index in [2.05, 4.69) is 56.9 Å². The topological polar surface area (TPSA) is 24.1 Å². The van der Waals surface area contributed by atoms with Gasteiger partial charge in [-0.25, -0.2) is 0 Å². The van der Waals surface area contributed by atoms with E-state index in [1.54, 1.807) is 5.70 Å². The van der Waals surface area contributed by atoms with Crippen molar-refractivity contribution in [2.45, 2.75) is 81.2 Å². The van der Waals surface area contributed by atoms with Gasteiger partial charge < -0.3 is 5.32 Å². The fraction of sp³-hybridized carbons (Fsp3) is 0.727. The minimum absolute atomic E-state index is 0.451. The van der Waals surface area contributed by atoms with Crippen LogP contribution in [0.5, 0.6) is 0 Å². The van der Waals surface area contributed by atoms with Gasteiger partial charge in [0.2, 0.25) is 0 Å². The van der Waals surface area contributed by atoms with Crippen molar-refractivity contribution in [3.63, 3.8) is 0 Å². The molecule has 3 unspecified atom stereocenters. The molecule has 2 N–H and O–H groups in total. The average molecular weight is 405 g/mol. The highest BCUT2D eigenvalue weighted by Gasteiger charge is 2.34. The molecule has 1 saturated carbocycles. The Balaban J connectivity index is 1.52. The molecule has 0 amide bonds. The second-order valence-corrected chi connectivity index (χ2v) is 9.75. The molecule has 1 fully saturated rings. The summed E-state index contributed by atoms with van der Waals surface area (Å²) in [6.45, 7) is 0. The SMILES string of the molecule is BrC1CCC(C2=CC(C3C=CCCC3)N[C@H](C3CC=CCC3)N2)CC1. The average Bonchev–Trinajstić information content (AvgIpc) is 2.69. The molecular weight excluding hydrogens is 372 g/mol. The van der Waals surface area contributed by atoms with Gasteiger partial charge in [-0.3, -0.25) is 5.32 Å². The van der Waals surface area contributed by atoms with E-state index in [1.807, 2.05) is 0 Å². The van der Waals surface area contributed by atoms with Gasteiger partial charge in [0.15, 0.2) is 0 Å². The van der Waals surface area contributed by atoms with Gasteiger partial charge in [0.1, 0.15) is 0 Å². The van der Waals surface area contributed by atoms with Gasteiger partial charge in [0, 0.05) is 16.6 Å². The number of hydrogen-bond acceptors (Lipinski definition) is 2. The maximum absolute atomic E-state index is 3.99. The van der Waals surface area contributed by atoms with Gasteiger partial charge in [0.25, 0.3) is 0 Å². The predicted octanol–water partition coefficient (Wildman–Crippen LogP) is 5.42. The summed E-state index contributed by atoms with van der Waals surface area (Å²) in [5, 5.41) is 7.94. The molecule has 3 aliphatic carbocycles. The van der Waals surface area contributed by atoms with Gasteiger partial charge in [0.05, 0.1) is 6.17 Å². The van der Waals surface area contributed by atoms with Crippen LogP contribution in [0.15, 0.2) is 36.1 Å². The lowest BCUT2D eigenvalue weighted by molar-refractivity contribution is 0.230. The number of hydrogen-bond donors (Lipinski definition) is 2. The van der Waals surface area contributed by atoms with Crippen molar-refractivity contribution in [1.82, 2.24) is 10.6 Å². The van der Waals surface area contributed by atoms with Crippen molar-refractivity contribution in [3.8, 4) is 0 Å². The van der Waals surface area contributed by atoms with Crippen LogP contribution in [0.4, 0.5) is 0 Å². The summed E-state index contributed by atoms with van der Waals surface area (Å²) in [5.41, 5.74) is 1.56. The molecule has 25 heavy (non-hydrogen) atoms. The first-order valence-electron chi connectivity index (χ1n) is 10.5. The Hall–Kier alpha value is -0.540. The summed E-state index contributed by atoms with van der Waals surface area (Å²) in [6.07, 6.45) is 25.7. The van der Waals surface area contributed by atoms with Gasteiger partial charge in [-0.1, -0.05) is 40.2 Å². The standard InChI is InChI=1S/C22H33BrN2/c23-19-13-11-17(12-14-19)21-15-20(16-7-3-1-4-8-16)24-22(25-21)18-9-5-2-6-10-18/h2-3,5,7,15-20,22,24-25H,1,4,6,8-14H2/t16?,17?,18?,19?,20?,22-/m0/s1. The second-order valence-electron chi connectivity index (χ2n) is 8.45. The number of rotatable bonds is 3. The van der Waals surface area contributed by atoms with E-state index in [4.69, 9.17) is 0 Å². The van der Waals surface area contributed by atoms with Crippen molar-refractivity contribution in [3.05, 3.63) is 36.1 Å². The van der Waals surface area contributed by atoms with E-state index in [9.17, 15) is 0 Å². The van der Waals surface area contributed by atoms with E-state index in [0.717, 1.165) is 16.7 Å². The molecule has 0 aromatic heterocycles. The lowest BCUT2D eigenvalue weighted by Crippen LogP contribution is -2.57. The van der Waals surface area contributed by atoms with Crippen molar-refractivity contribution in [2.75, 3.05) is 0 Å². The smallest absolute Gasteiger partial charge is 0.0802 e. The molecule has 4 aliphatic rings. The number of nitrogens with one attached hydrogen (secondary N) is 2. The summed E-state index contributed by atoms with van der Waals surface area (Å²) >= 11 is 3.82. The third-order valence-corrected chi connectivity index (χ3v) is 7.60. The van der Waals surface area contributed by atoms with Crippen LogP contribution in [0.25, 0.3) is 0 Å². The Labute approximate surface area is 161 Å². The number of halogens is 1. The van der Waals surface area contributed by atoms with Crippen LogP contribution in [0.3, 0.4) is 0 Å². The van der Waals surface area contributed by atoms with Crippen molar-refractivity contribution in [1.29, 1.82) is 0 Å². The summed E-state index contributed by atoms with van der Waals surface area (Å²) in [7, 11) is 0. The normalized spacial score (nSPS) is 41.9. The molecule has 1 heterocycles. The number of allylic oxidation sites excluding steroid dienone is 4. The molecule has 4 atom stereocenters. The molecule has 0 bridgehead atoms. The fourth-order valence-electron chi connectivity index (χ4n) is 5.09. The Kier molecular flexibility index (Phi) is 6.02. The molecule has 0 aromatic rings. The van der Waals surface area contributed by atoms with E-state index in [-0.39, 0.29) is 0 Å². The molecule has 2 nitrogen and oxygen atoms in total. The summed E-state index contributed by atoms with van der Waals surface area (Å²) in [4.78, 5) is 0.738. The molecule has 0 aromatic carbocycles. The first-order valence-corrected chi connectivity index (χ1v) is 11.4. The van der Waals surface area contributed by atoms with Crippen LogP contribution in [-0.4, -0.2) is 17.0 Å². The zero-order valence-electron chi connectivity index (χ0n) is 15.3. The predicted molar refractivity (Wildman–Crippen MR) is 110 cm³/mol. The van der Waals surface area contributed by atoms with E-state index in [0.29, 0.717) is 18.1 Å². The zero-order valence-corrected chi connectivity index (χ0v) is 16.9. The van der Waals surface area contributed by atoms with Crippen LogP contribution < -0.4 is 10.6 Å². The van der Waals surface area contributed by atoms with Crippen LogP contribution in [-0.2, 0) is 0 Å². The molecule has 3 heteroatoms. The van der Waals surface area contributed by atoms with Crippen molar-refractivity contribution in [2.24, 2.45) is 17.8 Å². The highest BCUT2D eigenvalue weighted by Crippen LogP contribution is 2.36. The molecule has 0 radical (unpaired) electrons. The minimum Gasteiger partial charge on any atom is -0.373 e. The van der Waals surface area contributed by atoms with Gasteiger partial charge in [-0.15, -0.1) is 0 Å². The Morgan fingerprint density at radius 2 is 1.80 bits per heavy atom. The fourth-order valence-corrected chi connectivity index (χ4v) is 5.62. The molecule has 1 aliphatic heterocycles. The van der Waals surface area contributed by atoms with Crippen LogP contribution >= 0.6 is 15.9 Å². The summed E-state index contributed by atoms with van der Waals surface area (Å²) in [5.74, 6) is 2.16. The third kappa shape index (κ3) is 4.42. The highest BCUT2D eigenvalue weighted by molar-refractivity contribution is 9.09. The first kappa shape index (κ1) is 17.9. The molecule has 4 rings (SSSR count). The quantitative estimate of drug-likeness (QED) is 0.484. The third-order valence-electron chi connectivity index (χ3n) is 6.68. The lowest BCUT2D eigenvalue weighted by atomic mass is 9.81. The van der Waals surface area contributed by atoms with E-state index < -0.39 is 0 Å². The van der Waals surface area contributed by atoms with Crippen molar-refractivity contribution >= 4 is 15.9 Å². The molecular formula is C22H33BrN2. The molecule has 0 spiro atoms. The van der Waals surface area contributed by atoms with Crippen LogP contribution in [0, 0.1) is 17.8 Å². The molecule has 138 valence electrons. The van der Waals surface area contributed by atoms with Gasteiger partial charge in [-0.2, -0.15) is 0 Å². The zero-order chi connectivity index (χ0) is 17.1. The Morgan fingerprint density at radius 1 is 0.920 bits per heavy atom. The van der Waals surface area contributed by atoms with Crippen LogP contribution in [0.1, 0.15) is 64.2 Å². The van der Waals surface area contributed by atoms with Crippen molar-refractivity contribution < 1.29 is 0 Å². The largest absolute Gasteiger partial charge is 0.373 e. The summed E-state index contributed by atoms with van der Waals surface area (Å²) in [6, 6.07) is 0.519. The van der Waals surface area contributed by atoms with Gasteiger partial charge in [-0.05, 0) is 88.0 Å².